The number of alkyl halides is 3. The third-order valence-electron chi connectivity index (χ3n) is 2.77. The van der Waals surface area contributed by atoms with E-state index in [9.17, 15) is 21.6 Å². The van der Waals surface area contributed by atoms with Crippen LogP contribution in [0, 0.1) is 0 Å². The van der Waals surface area contributed by atoms with Crippen molar-refractivity contribution in [3.63, 3.8) is 0 Å². The van der Waals surface area contributed by atoms with Crippen molar-refractivity contribution >= 4 is 27.3 Å². The predicted molar refractivity (Wildman–Crippen MR) is 81.9 cm³/mol. The molecule has 0 atom stereocenters. The van der Waals surface area contributed by atoms with E-state index in [1.165, 1.54) is 25.3 Å². The molecule has 0 fully saturated rings. The van der Waals surface area contributed by atoms with E-state index < -0.39 is 22.1 Å². The third kappa shape index (κ3) is 4.68. The minimum absolute atomic E-state index is 0.0662. The van der Waals surface area contributed by atoms with Crippen LogP contribution in [0.4, 0.5) is 18.9 Å². The number of ether oxygens (including phenoxy) is 2. The van der Waals surface area contributed by atoms with Crippen molar-refractivity contribution < 1.29 is 31.1 Å². The van der Waals surface area contributed by atoms with Gasteiger partial charge in [0.1, 0.15) is 11.5 Å². The zero-order valence-corrected chi connectivity index (χ0v) is 13.7. The third-order valence-corrected chi connectivity index (χ3v) is 4.45. The van der Waals surface area contributed by atoms with Crippen LogP contribution in [0.25, 0.3) is 0 Å². The molecule has 2 rings (SSSR count). The van der Waals surface area contributed by atoms with Crippen LogP contribution in [-0.2, 0) is 10.0 Å². The molecule has 0 amide bonds. The highest BCUT2D eigenvalue weighted by Gasteiger charge is 2.31. The van der Waals surface area contributed by atoms with Crippen LogP contribution in [0.2, 0.25) is 5.02 Å². The number of methoxy groups -OCH3 is 1. The van der Waals surface area contributed by atoms with E-state index in [0.717, 1.165) is 24.3 Å². The van der Waals surface area contributed by atoms with Gasteiger partial charge < -0.3 is 9.47 Å². The lowest BCUT2D eigenvalue weighted by Crippen LogP contribution is -2.17. The van der Waals surface area contributed by atoms with E-state index in [-0.39, 0.29) is 15.6 Å². The Labute approximate surface area is 141 Å². The minimum Gasteiger partial charge on any atom is -0.495 e. The van der Waals surface area contributed by atoms with Crippen LogP contribution in [-0.4, -0.2) is 21.9 Å². The lowest BCUT2D eigenvalue weighted by Gasteiger charge is -2.11. The smallest absolute Gasteiger partial charge is 0.495 e. The summed E-state index contributed by atoms with van der Waals surface area (Å²) in [6, 6.07) is 8.14. The Morgan fingerprint density at radius 3 is 2.21 bits per heavy atom. The molecule has 2 aromatic rings. The summed E-state index contributed by atoms with van der Waals surface area (Å²) in [6.07, 6.45) is -4.82. The van der Waals surface area contributed by atoms with Crippen molar-refractivity contribution in [2.75, 3.05) is 11.8 Å². The molecule has 0 saturated carbocycles. The zero-order valence-electron chi connectivity index (χ0n) is 12.1. The van der Waals surface area contributed by atoms with Crippen LogP contribution in [0.3, 0.4) is 0 Å². The molecule has 2 aromatic carbocycles. The number of hydrogen-bond acceptors (Lipinski definition) is 4. The fourth-order valence-electron chi connectivity index (χ4n) is 1.75. The molecule has 24 heavy (non-hydrogen) atoms. The van der Waals surface area contributed by atoms with Crippen LogP contribution in [0.5, 0.6) is 11.5 Å². The Balaban J connectivity index is 2.18. The summed E-state index contributed by atoms with van der Waals surface area (Å²) in [7, 11) is -2.57. The van der Waals surface area contributed by atoms with E-state index in [1.54, 1.807) is 0 Å². The lowest BCUT2D eigenvalue weighted by atomic mass is 10.3. The summed E-state index contributed by atoms with van der Waals surface area (Å²) in [4.78, 5) is -0.121. The number of hydrogen-bond donors (Lipinski definition) is 1. The zero-order chi connectivity index (χ0) is 18.0. The second kappa shape index (κ2) is 6.78. The Bertz CT molecular complexity index is 823. The topological polar surface area (TPSA) is 64.6 Å². The number of halogens is 4. The van der Waals surface area contributed by atoms with Gasteiger partial charge in [-0.2, -0.15) is 0 Å². The average Bonchev–Trinajstić information content (AvgIpc) is 2.47. The lowest BCUT2D eigenvalue weighted by molar-refractivity contribution is -0.274. The fraction of sp³-hybridized carbons (Fsp3) is 0.143. The molecule has 0 bridgehead atoms. The number of rotatable bonds is 5. The van der Waals surface area contributed by atoms with Crippen LogP contribution in [0.15, 0.2) is 47.4 Å². The molecule has 0 aliphatic carbocycles. The molecule has 0 spiro atoms. The molecule has 130 valence electrons. The van der Waals surface area contributed by atoms with Gasteiger partial charge in [0, 0.05) is 5.69 Å². The highest BCUT2D eigenvalue weighted by molar-refractivity contribution is 7.92. The summed E-state index contributed by atoms with van der Waals surface area (Å²) in [5.41, 5.74) is 0.0662. The van der Waals surface area contributed by atoms with Crippen molar-refractivity contribution in [2.45, 2.75) is 11.3 Å². The fourth-order valence-corrected chi connectivity index (χ4v) is 3.16. The minimum atomic E-state index is -4.82. The maximum Gasteiger partial charge on any atom is 0.573 e. The van der Waals surface area contributed by atoms with Crippen LogP contribution in [0.1, 0.15) is 0 Å². The molecule has 0 heterocycles. The number of sulfonamides is 1. The summed E-state index contributed by atoms with van der Waals surface area (Å²) < 4.78 is 71.6. The second-order valence-electron chi connectivity index (χ2n) is 4.47. The van der Waals surface area contributed by atoms with Crippen molar-refractivity contribution in [3.05, 3.63) is 47.5 Å². The van der Waals surface area contributed by atoms with Crippen molar-refractivity contribution in [1.29, 1.82) is 0 Å². The Morgan fingerprint density at radius 1 is 1.08 bits per heavy atom. The SMILES string of the molecule is COc1ccc(S(=O)(=O)Nc2ccc(OC(F)(F)F)cc2)cc1Cl. The summed E-state index contributed by atoms with van der Waals surface area (Å²) in [5, 5.41) is 0.106. The maximum absolute atomic E-state index is 12.2. The molecule has 0 aliphatic rings. The van der Waals surface area contributed by atoms with Gasteiger partial charge in [0.2, 0.25) is 0 Å². The van der Waals surface area contributed by atoms with Crippen molar-refractivity contribution in [3.8, 4) is 11.5 Å². The van der Waals surface area contributed by atoms with Gasteiger partial charge in [-0.3, -0.25) is 4.72 Å². The largest absolute Gasteiger partial charge is 0.573 e. The summed E-state index contributed by atoms with van der Waals surface area (Å²) in [6.45, 7) is 0. The molecule has 0 radical (unpaired) electrons. The highest BCUT2D eigenvalue weighted by atomic mass is 35.5. The molecule has 0 saturated heterocycles. The highest BCUT2D eigenvalue weighted by Crippen LogP contribution is 2.29. The van der Waals surface area contributed by atoms with Crippen LogP contribution >= 0.6 is 11.6 Å². The van der Waals surface area contributed by atoms with Gasteiger partial charge in [-0.25, -0.2) is 8.42 Å². The van der Waals surface area contributed by atoms with E-state index in [4.69, 9.17) is 16.3 Å². The summed E-state index contributed by atoms with van der Waals surface area (Å²) >= 11 is 5.88. The van der Waals surface area contributed by atoms with Gasteiger partial charge in [0.05, 0.1) is 17.0 Å². The number of anilines is 1. The van der Waals surface area contributed by atoms with Crippen LogP contribution < -0.4 is 14.2 Å². The van der Waals surface area contributed by atoms with E-state index in [2.05, 4.69) is 9.46 Å². The molecule has 1 N–H and O–H groups in total. The molecule has 0 aromatic heterocycles. The molecule has 0 aliphatic heterocycles. The van der Waals surface area contributed by atoms with Crippen molar-refractivity contribution in [1.82, 2.24) is 0 Å². The molecule has 5 nitrogen and oxygen atoms in total. The Hall–Kier alpha value is -2.13. The van der Waals surface area contributed by atoms with Gasteiger partial charge in [-0.05, 0) is 42.5 Å². The Kier molecular flexibility index (Phi) is 5.14. The predicted octanol–water partition coefficient (Wildman–Crippen LogP) is 4.05. The van der Waals surface area contributed by atoms with Gasteiger partial charge >= 0.3 is 6.36 Å². The quantitative estimate of drug-likeness (QED) is 0.848. The van der Waals surface area contributed by atoms with E-state index in [0.29, 0.717) is 5.75 Å². The second-order valence-corrected chi connectivity index (χ2v) is 6.56. The molecule has 0 unspecified atom stereocenters. The van der Waals surface area contributed by atoms with Gasteiger partial charge in [0.15, 0.2) is 0 Å². The molecular weight excluding hydrogens is 371 g/mol. The normalized spacial score (nSPS) is 11.9. The van der Waals surface area contributed by atoms with E-state index >= 15 is 0 Å². The Morgan fingerprint density at radius 2 is 1.71 bits per heavy atom. The number of benzene rings is 2. The van der Waals surface area contributed by atoms with E-state index in [1.807, 2.05) is 0 Å². The van der Waals surface area contributed by atoms with Gasteiger partial charge in [-0.15, -0.1) is 13.2 Å². The monoisotopic (exact) mass is 381 g/mol. The first kappa shape index (κ1) is 18.2. The first-order valence-electron chi connectivity index (χ1n) is 6.33. The van der Waals surface area contributed by atoms with Gasteiger partial charge in [0.25, 0.3) is 10.0 Å². The average molecular weight is 382 g/mol. The number of nitrogens with one attached hydrogen (secondary N) is 1. The summed E-state index contributed by atoms with van der Waals surface area (Å²) in [5.74, 6) is -0.151. The first-order chi connectivity index (χ1) is 11.1. The van der Waals surface area contributed by atoms with Gasteiger partial charge in [-0.1, -0.05) is 11.6 Å². The standard InChI is InChI=1S/C14H11ClF3NO4S/c1-22-13-7-6-11(8-12(13)15)24(20,21)19-9-2-4-10(5-3-9)23-14(16,17)18/h2-8,19H,1H3. The molecule has 10 heteroatoms. The first-order valence-corrected chi connectivity index (χ1v) is 8.19. The van der Waals surface area contributed by atoms with Crippen molar-refractivity contribution in [2.24, 2.45) is 0 Å². The maximum atomic E-state index is 12.2. The molecular formula is C14H11ClF3NO4S.